The highest BCUT2D eigenvalue weighted by Crippen LogP contribution is 2.28. The number of nitrogens with zero attached hydrogens (tertiary/aromatic N) is 4. The summed E-state index contributed by atoms with van der Waals surface area (Å²) < 4.78 is 2.09. The number of primary amides is 1. The van der Waals surface area contributed by atoms with E-state index in [2.05, 4.69) is 31.8 Å². The Kier molecular flexibility index (Phi) is 5.52. The summed E-state index contributed by atoms with van der Waals surface area (Å²) in [4.78, 5) is 13.3. The average Bonchev–Trinajstić information content (AvgIpc) is 2.94. The van der Waals surface area contributed by atoms with Crippen LogP contribution in [0.25, 0.3) is 0 Å². The summed E-state index contributed by atoms with van der Waals surface area (Å²) in [7, 11) is 2.02. The highest BCUT2D eigenvalue weighted by molar-refractivity contribution is 7.98. The van der Waals surface area contributed by atoms with Gasteiger partial charge in [0.15, 0.2) is 5.16 Å². The molecule has 0 spiro atoms. The molecule has 128 valence electrons. The van der Waals surface area contributed by atoms with Crippen LogP contribution >= 0.6 is 11.8 Å². The molecular formula is C17H23N5OS. The van der Waals surface area contributed by atoms with Crippen molar-refractivity contribution in [2.45, 2.75) is 29.7 Å². The summed E-state index contributed by atoms with van der Waals surface area (Å²) in [6.07, 6.45) is 2.13. The monoisotopic (exact) mass is 345 g/mol. The van der Waals surface area contributed by atoms with Gasteiger partial charge in [0, 0.05) is 25.3 Å². The van der Waals surface area contributed by atoms with Crippen molar-refractivity contribution in [1.82, 2.24) is 19.7 Å². The summed E-state index contributed by atoms with van der Waals surface area (Å²) in [6, 6.07) is 10.4. The zero-order valence-electron chi connectivity index (χ0n) is 13.9. The smallest absolute Gasteiger partial charge is 0.231 e. The van der Waals surface area contributed by atoms with Crippen molar-refractivity contribution < 1.29 is 4.79 Å². The molecule has 6 nitrogen and oxygen atoms in total. The summed E-state index contributed by atoms with van der Waals surface area (Å²) >= 11 is 1.70. The van der Waals surface area contributed by atoms with Crippen LogP contribution in [0.5, 0.6) is 0 Å². The molecule has 2 aromatic rings. The Morgan fingerprint density at radius 3 is 2.88 bits per heavy atom. The minimum absolute atomic E-state index is 0.271. The van der Waals surface area contributed by atoms with Crippen molar-refractivity contribution in [2.24, 2.45) is 12.8 Å². The molecule has 24 heavy (non-hydrogen) atoms. The first-order valence-electron chi connectivity index (χ1n) is 8.20. The molecule has 0 bridgehead atoms. The zero-order valence-corrected chi connectivity index (χ0v) is 14.7. The maximum absolute atomic E-state index is 11.1. The highest BCUT2D eigenvalue weighted by atomic mass is 32.2. The molecule has 2 N–H and O–H groups in total. The van der Waals surface area contributed by atoms with Crippen molar-refractivity contribution in [2.75, 3.05) is 19.6 Å². The molecule has 1 aliphatic heterocycles. The molecule has 1 fully saturated rings. The SMILES string of the molecule is Cn1c(SCc2ccccc2)nnc1[C@H]1CCCN(CC(N)=O)C1. The molecule has 1 atom stereocenters. The number of piperidine rings is 1. The van der Waals surface area contributed by atoms with Gasteiger partial charge in [-0.3, -0.25) is 9.69 Å². The number of hydrogen-bond donors (Lipinski definition) is 1. The van der Waals surface area contributed by atoms with Crippen molar-refractivity contribution in [3.05, 3.63) is 41.7 Å². The summed E-state index contributed by atoms with van der Waals surface area (Å²) in [6.45, 7) is 2.06. The van der Waals surface area contributed by atoms with Crippen LogP contribution < -0.4 is 5.73 Å². The maximum Gasteiger partial charge on any atom is 0.231 e. The van der Waals surface area contributed by atoms with E-state index in [1.807, 2.05) is 25.2 Å². The minimum atomic E-state index is -0.271. The summed E-state index contributed by atoms with van der Waals surface area (Å²) in [5, 5.41) is 9.70. The molecule has 0 radical (unpaired) electrons. The first-order valence-corrected chi connectivity index (χ1v) is 9.18. The molecule has 1 aromatic heterocycles. The van der Waals surface area contributed by atoms with Gasteiger partial charge in [-0.05, 0) is 24.9 Å². The quantitative estimate of drug-likeness (QED) is 0.808. The van der Waals surface area contributed by atoms with Gasteiger partial charge in [-0.2, -0.15) is 0 Å². The van der Waals surface area contributed by atoms with Crippen molar-refractivity contribution in [3.8, 4) is 0 Å². The summed E-state index contributed by atoms with van der Waals surface area (Å²) in [5.41, 5.74) is 6.59. The largest absolute Gasteiger partial charge is 0.369 e. The average molecular weight is 345 g/mol. The van der Waals surface area contributed by atoms with Crippen molar-refractivity contribution in [3.63, 3.8) is 0 Å². The van der Waals surface area contributed by atoms with E-state index in [4.69, 9.17) is 5.73 Å². The molecule has 1 aromatic carbocycles. The predicted molar refractivity (Wildman–Crippen MR) is 94.6 cm³/mol. The van der Waals surface area contributed by atoms with Gasteiger partial charge in [0.25, 0.3) is 0 Å². The number of carbonyl (C=O) groups excluding carboxylic acids is 1. The van der Waals surface area contributed by atoms with Crippen LogP contribution in [0.2, 0.25) is 0 Å². The van der Waals surface area contributed by atoms with Gasteiger partial charge < -0.3 is 10.3 Å². The van der Waals surface area contributed by atoms with E-state index in [0.717, 1.165) is 42.7 Å². The second-order valence-electron chi connectivity index (χ2n) is 6.21. The number of nitrogens with two attached hydrogens (primary N) is 1. The number of hydrogen-bond acceptors (Lipinski definition) is 5. The normalized spacial score (nSPS) is 18.6. The van der Waals surface area contributed by atoms with Crippen LogP contribution in [0.3, 0.4) is 0 Å². The Morgan fingerprint density at radius 2 is 2.12 bits per heavy atom. The third-order valence-electron chi connectivity index (χ3n) is 4.33. The Morgan fingerprint density at radius 1 is 1.33 bits per heavy atom. The molecule has 0 unspecified atom stereocenters. The lowest BCUT2D eigenvalue weighted by Gasteiger charge is -2.31. The molecule has 2 heterocycles. The molecule has 1 amide bonds. The number of carbonyl (C=O) groups is 1. The molecule has 1 saturated heterocycles. The molecular weight excluding hydrogens is 322 g/mol. The van der Waals surface area contributed by atoms with E-state index in [0.29, 0.717) is 12.5 Å². The van der Waals surface area contributed by atoms with Crippen LogP contribution in [0, 0.1) is 0 Å². The third kappa shape index (κ3) is 4.15. The lowest BCUT2D eigenvalue weighted by Crippen LogP contribution is -2.40. The number of amides is 1. The van der Waals surface area contributed by atoms with E-state index in [-0.39, 0.29) is 5.91 Å². The molecule has 0 saturated carbocycles. The lowest BCUT2D eigenvalue weighted by atomic mass is 9.97. The number of rotatable bonds is 6. The van der Waals surface area contributed by atoms with Crippen LogP contribution in [0.15, 0.2) is 35.5 Å². The molecule has 1 aliphatic rings. The Labute approximate surface area is 146 Å². The van der Waals surface area contributed by atoms with Gasteiger partial charge in [0.05, 0.1) is 6.54 Å². The first kappa shape index (κ1) is 17.0. The van der Waals surface area contributed by atoms with Gasteiger partial charge in [-0.25, -0.2) is 0 Å². The van der Waals surface area contributed by atoms with Gasteiger partial charge >= 0.3 is 0 Å². The third-order valence-corrected chi connectivity index (χ3v) is 5.42. The van der Waals surface area contributed by atoms with Gasteiger partial charge in [0.1, 0.15) is 5.82 Å². The highest BCUT2D eigenvalue weighted by Gasteiger charge is 2.26. The van der Waals surface area contributed by atoms with E-state index in [9.17, 15) is 4.79 Å². The van der Waals surface area contributed by atoms with E-state index < -0.39 is 0 Å². The lowest BCUT2D eigenvalue weighted by molar-refractivity contribution is -0.119. The Hall–Kier alpha value is -1.86. The summed E-state index contributed by atoms with van der Waals surface area (Å²) in [5.74, 6) is 1.92. The van der Waals surface area contributed by atoms with Crippen LogP contribution in [-0.4, -0.2) is 45.2 Å². The van der Waals surface area contributed by atoms with Crippen molar-refractivity contribution >= 4 is 17.7 Å². The minimum Gasteiger partial charge on any atom is -0.369 e. The number of aromatic nitrogens is 3. The first-order chi connectivity index (χ1) is 11.6. The fourth-order valence-corrected chi connectivity index (χ4v) is 4.03. The predicted octanol–water partition coefficient (Wildman–Crippen LogP) is 1.77. The number of likely N-dealkylation sites (tertiary alicyclic amines) is 1. The van der Waals surface area contributed by atoms with Crippen LogP contribution in [-0.2, 0) is 17.6 Å². The van der Waals surface area contributed by atoms with Crippen LogP contribution in [0.1, 0.15) is 30.1 Å². The van der Waals surface area contributed by atoms with Gasteiger partial charge in [0.2, 0.25) is 5.91 Å². The number of benzene rings is 1. The zero-order chi connectivity index (χ0) is 16.9. The van der Waals surface area contributed by atoms with Crippen LogP contribution in [0.4, 0.5) is 0 Å². The fraction of sp³-hybridized carbons (Fsp3) is 0.471. The van der Waals surface area contributed by atoms with E-state index >= 15 is 0 Å². The molecule has 0 aliphatic carbocycles. The fourth-order valence-electron chi connectivity index (χ4n) is 3.16. The maximum atomic E-state index is 11.1. The van der Waals surface area contributed by atoms with Gasteiger partial charge in [-0.1, -0.05) is 42.1 Å². The van der Waals surface area contributed by atoms with E-state index in [1.165, 1.54) is 5.56 Å². The second-order valence-corrected chi connectivity index (χ2v) is 7.16. The topological polar surface area (TPSA) is 77.0 Å². The molecule has 3 rings (SSSR count). The van der Waals surface area contributed by atoms with Gasteiger partial charge in [-0.15, -0.1) is 10.2 Å². The Balaban J connectivity index is 1.64. The Bertz CT molecular complexity index is 688. The standard InChI is InChI=1S/C17H23N5OS/c1-21-16(14-8-5-9-22(10-14)11-15(18)23)19-20-17(21)24-12-13-6-3-2-4-7-13/h2-4,6-7,14H,5,8-12H2,1H3,(H2,18,23)/t14-/m0/s1. The second kappa shape index (κ2) is 7.81. The molecule has 7 heteroatoms. The van der Waals surface area contributed by atoms with E-state index in [1.54, 1.807) is 11.8 Å². The van der Waals surface area contributed by atoms with Crippen molar-refractivity contribution in [1.29, 1.82) is 0 Å². The number of thioether (sulfide) groups is 1.